The van der Waals surface area contributed by atoms with Gasteiger partial charge in [-0.1, -0.05) is 0 Å². The fourth-order valence-corrected chi connectivity index (χ4v) is 1.96. The lowest BCUT2D eigenvalue weighted by atomic mass is 10.0. The van der Waals surface area contributed by atoms with Crippen molar-refractivity contribution < 1.29 is 14.6 Å². The number of nitrogens with zero attached hydrogens (tertiary/aromatic N) is 5. The third kappa shape index (κ3) is 6.38. The Labute approximate surface area is 122 Å². The van der Waals surface area contributed by atoms with E-state index in [1.807, 2.05) is 0 Å². The molecule has 0 saturated carbocycles. The molecule has 1 heterocycles. The predicted octanol–water partition coefficient (Wildman–Crippen LogP) is 0.0639. The van der Waals surface area contributed by atoms with Crippen LogP contribution in [0.1, 0.15) is 6.42 Å². The quantitative estimate of drug-likeness (QED) is 0.392. The van der Waals surface area contributed by atoms with Crippen molar-refractivity contribution in [1.29, 1.82) is 0 Å². The molecular formula is C9H13N7O4S. The molecule has 3 N–H and O–H groups in total. The maximum absolute atomic E-state index is 12.0. The van der Waals surface area contributed by atoms with Gasteiger partial charge >= 0.3 is 0 Å². The first-order valence-electron chi connectivity index (χ1n) is 5.64. The maximum Gasteiger partial charge on any atom is 0.231 e. The molecule has 1 rings (SSSR count). The van der Waals surface area contributed by atoms with Gasteiger partial charge in [0.25, 0.3) is 0 Å². The summed E-state index contributed by atoms with van der Waals surface area (Å²) in [5.41, 5.74) is 5.09. The Morgan fingerprint density at radius 2 is 2.38 bits per heavy atom. The van der Waals surface area contributed by atoms with Crippen molar-refractivity contribution in [1.82, 2.24) is 9.99 Å². The highest BCUT2D eigenvalue weighted by molar-refractivity contribution is 7.13. The van der Waals surface area contributed by atoms with Crippen LogP contribution in [0.3, 0.4) is 0 Å². The summed E-state index contributed by atoms with van der Waals surface area (Å²) in [6.07, 6.45) is 1.29. The van der Waals surface area contributed by atoms with E-state index in [1.54, 1.807) is 5.38 Å². The Hall–Kier alpha value is -2.63. The molecule has 0 aliphatic rings. The Morgan fingerprint density at radius 1 is 1.67 bits per heavy atom. The molecule has 0 spiro atoms. The Kier molecular flexibility index (Phi) is 6.13. The molecular weight excluding hydrogens is 302 g/mol. The zero-order valence-electron chi connectivity index (χ0n) is 11.0. The molecule has 1 atom stereocenters. The van der Waals surface area contributed by atoms with Gasteiger partial charge in [0.15, 0.2) is 10.4 Å². The second-order valence-corrected chi connectivity index (χ2v) is 4.85. The van der Waals surface area contributed by atoms with Gasteiger partial charge in [0.05, 0.1) is 17.5 Å². The summed E-state index contributed by atoms with van der Waals surface area (Å²) in [4.78, 5) is 37.0. The topological polar surface area (TPSA) is 156 Å². The van der Waals surface area contributed by atoms with Gasteiger partial charge in [-0.3, -0.25) is 9.59 Å². The van der Waals surface area contributed by atoms with Crippen molar-refractivity contribution in [3.8, 4) is 0 Å². The van der Waals surface area contributed by atoms with Gasteiger partial charge in [0, 0.05) is 25.0 Å². The third-order valence-electron chi connectivity index (χ3n) is 2.23. The Balaban J connectivity index is 2.68. The van der Waals surface area contributed by atoms with Crippen LogP contribution in [0.5, 0.6) is 0 Å². The highest BCUT2D eigenvalue weighted by Crippen LogP contribution is 2.14. The molecule has 1 aromatic heterocycles. The summed E-state index contributed by atoms with van der Waals surface area (Å²) in [6, 6.07) is 0. The van der Waals surface area contributed by atoms with Crippen LogP contribution in [-0.4, -0.2) is 40.4 Å². The second-order valence-electron chi connectivity index (χ2n) is 3.95. The molecule has 1 unspecified atom stereocenters. The number of nitro groups is 1. The van der Waals surface area contributed by atoms with E-state index in [4.69, 9.17) is 5.73 Å². The normalized spacial score (nSPS) is 12.0. The zero-order valence-corrected chi connectivity index (χ0v) is 11.8. The van der Waals surface area contributed by atoms with Gasteiger partial charge in [-0.15, -0.1) is 11.3 Å². The van der Waals surface area contributed by atoms with Crippen LogP contribution in [0.4, 0.5) is 5.13 Å². The van der Waals surface area contributed by atoms with Gasteiger partial charge in [0.2, 0.25) is 17.0 Å². The van der Waals surface area contributed by atoms with Gasteiger partial charge in [-0.05, 0) is 0 Å². The van der Waals surface area contributed by atoms with E-state index in [1.165, 1.54) is 24.6 Å². The van der Waals surface area contributed by atoms with Crippen molar-refractivity contribution in [3.63, 3.8) is 0 Å². The van der Waals surface area contributed by atoms with Crippen molar-refractivity contribution in [2.75, 3.05) is 18.9 Å². The van der Waals surface area contributed by atoms with Gasteiger partial charge in [-0.2, -0.15) is 5.01 Å². The number of aromatic nitrogens is 1. The number of thiazole rings is 1. The van der Waals surface area contributed by atoms with E-state index in [2.05, 4.69) is 20.7 Å². The average molecular weight is 315 g/mol. The van der Waals surface area contributed by atoms with E-state index >= 15 is 0 Å². The average Bonchev–Trinajstić information content (AvgIpc) is 2.87. The van der Waals surface area contributed by atoms with Crippen molar-refractivity contribution in [2.24, 2.45) is 22.1 Å². The summed E-state index contributed by atoms with van der Waals surface area (Å²) in [7, 11) is 1.39. The number of anilines is 1. The van der Waals surface area contributed by atoms with Crippen LogP contribution in [-0.2, 0) is 9.59 Å². The molecule has 21 heavy (non-hydrogen) atoms. The lowest BCUT2D eigenvalue weighted by molar-refractivity contribution is -0.496. The van der Waals surface area contributed by atoms with Crippen LogP contribution in [0, 0.1) is 16.0 Å². The summed E-state index contributed by atoms with van der Waals surface area (Å²) < 4.78 is 0. The monoisotopic (exact) mass is 315 g/mol. The Bertz CT molecular complexity index is 532. The molecule has 0 aliphatic carbocycles. The summed E-state index contributed by atoms with van der Waals surface area (Å²) in [5.74, 6) is -1.98. The molecule has 11 nitrogen and oxygen atoms in total. The first kappa shape index (κ1) is 16.4. The van der Waals surface area contributed by atoms with E-state index < -0.39 is 22.8 Å². The standard InChI is InChI=1S/C9H13N7O4S/c1-15(13-14-16(19)20)5-6(4-7(10)17)8(18)12-9-11-2-3-21-9/h2-3,6H,4-5H2,1H3,(H2,10,17)(H,11,12,18). The van der Waals surface area contributed by atoms with Gasteiger partial charge < -0.3 is 21.2 Å². The SMILES string of the molecule is CN(CC(CC(N)=O)C(=O)Nc1nccs1)N=N[N+](=O)[O-]. The predicted molar refractivity (Wildman–Crippen MR) is 72.5 cm³/mol. The maximum atomic E-state index is 12.0. The Morgan fingerprint density at radius 3 is 2.90 bits per heavy atom. The van der Waals surface area contributed by atoms with E-state index in [0.29, 0.717) is 5.13 Å². The van der Waals surface area contributed by atoms with E-state index in [9.17, 15) is 19.7 Å². The lowest BCUT2D eigenvalue weighted by Crippen LogP contribution is -2.34. The number of hydrogen-bond donors (Lipinski definition) is 2. The van der Waals surface area contributed by atoms with Gasteiger partial charge in [0.1, 0.15) is 0 Å². The fourth-order valence-electron chi connectivity index (χ4n) is 1.43. The van der Waals surface area contributed by atoms with Crippen molar-refractivity contribution in [2.45, 2.75) is 6.42 Å². The summed E-state index contributed by atoms with van der Waals surface area (Å²) >= 11 is 1.22. The highest BCUT2D eigenvalue weighted by Gasteiger charge is 2.24. The molecule has 0 radical (unpaired) electrons. The molecule has 1 aromatic rings. The van der Waals surface area contributed by atoms with E-state index in [-0.39, 0.29) is 13.0 Å². The number of hydrogen-bond acceptors (Lipinski definition) is 7. The van der Waals surface area contributed by atoms with Crippen molar-refractivity contribution in [3.05, 3.63) is 21.7 Å². The van der Waals surface area contributed by atoms with Crippen LogP contribution in [0.2, 0.25) is 0 Å². The first-order chi connectivity index (χ1) is 9.88. The van der Waals surface area contributed by atoms with Crippen LogP contribution >= 0.6 is 11.3 Å². The molecule has 0 aromatic carbocycles. The molecule has 2 amide bonds. The van der Waals surface area contributed by atoms with Crippen LogP contribution < -0.4 is 11.1 Å². The molecule has 12 heteroatoms. The molecule has 0 fully saturated rings. The number of amides is 2. The number of nitrogens with two attached hydrogens (primary N) is 1. The number of primary amides is 1. The van der Waals surface area contributed by atoms with E-state index in [0.717, 1.165) is 5.01 Å². The van der Waals surface area contributed by atoms with Gasteiger partial charge in [-0.25, -0.2) is 4.98 Å². The highest BCUT2D eigenvalue weighted by atomic mass is 32.1. The van der Waals surface area contributed by atoms with Crippen molar-refractivity contribution >= 4 is 28.3 Å². The smallest absolute Gasteiger partial charge is 0.231 e. The number of nitrogens with one attached hydrogen (secondary N) is 1. The second kappa shape index (κ2) is 7.84. The molecule has 0 saturated heterocycles. The first-order valence-corrected chi connectivity index (χ1v) is 6.52. The molecule has 114 valence electrons. The minimum atomic E-state index is -0.977. The van der Waals surface area contributed by atoms with Crippen LogP contribution in [0.25, 0.3) is 0 Å². The lowest BCUT2D eigenvalue weighted by Gasteiger charge is -2.15. The van der Waals surface area contributed by atoms with Crippen LogP contribution in [0.15, 0.2) is 22.0 Å². The summed E-state index contributed by atoms with van der Waals surface area (Å²) in [6.45, 7) is -0.0580. The molecule has 0 bridgehead atoms. The number of rotatable bonds is 8. The number of carbonyl (C=O) groups excluding carboxylic acids is 2. The fraction of sp³-hybridized carbons (Fsp3) is 0.444. The zero-order chi connectivity index (χ0) is 15.8. The molecule has 0 aliphatic heterocycles. The largest absolute Gasteiger partial charge is 0.370 e. The minimum absolute atomic E-state index is 0.0580. The number of carbonyl (C=O) groups is 2. The minimum Gasteiger partial charge on any atom is -0.370 e. The third-order valence-corrected chi connectivity index (χ3v) is 2.92. The summed E-state index contributed by atoms with van der Waals surface area (Å²) in [5, 5.41) is 20.7.